The smallest absolute Gasteiger partial charge is 0.325 e. The van der Waals surface area contributed by atoms with Crippen LogP contribution in [0.2, 0.25) is 0 Å². The van der Waals surface area contributed by atoms with Crippen molar-refractivity contribution < 1.29 is 19.1 Å². The minimum absolute atomic E-state index is 0.0568. The molecule has 32 heavy (non-hydrogen) atoms. The van der Waals surface area contributed by atoms with Gasteiger partial charge in [0, 0.05) is 7.05 Å². The van der Waals surface area contributed by atoms with E-state index in [9.17, 15) is 9.59 Å². The predicted molar refractivity (Wildman–Crippen MR) is 127 cm³/mol. The number of ether oxygens (including phenoxy) is 2. The van der Waals surface area contributed by atoms with Crippen molar-refractivity contribution in [1.82, 2.24) is 4.90 Å². The van der Waals surface area contributed by atoms with Gasteiger partial charge in [0.25, 0.3) is 5.91 Å². The summed E-state index contributed by atoms with van der Waals surface area (Å²) in [6.45, 7) is 2.16. The van der Waals surface area contributed by atoms with Crippen molar-refractivity contribution in [2.75, 3.05) is 27.3 Å². The summed E-state index contributed by atoms with van der Waals surface area (Å²) in [5.41, 5.74) is 2.69. The second-order valence-electron chi connectivity index (χ2n) is 9.73. The van der Waals surface area contributed by atoms with Crippen LogP contribution in [0, 0.1) is 17.8 Å². The minimum atomic E-state index is -0.430. The Hall–Kier alpha value is -2.04. The Morgan fingerprint density at radius 2 is 1.84 bits per heavy atom. The molecule has 0 radical (unpaired) electrons. The highest BCUT2D eigenvalue weighted by Gasteiger charge is 2.39. The number of methoxy groups -OCH3 is 1. The molecule has 2 aliphatic carbocycles. The molecule has 1 fully saturated rings. The molecule has 1 saturated carbocycles. The van der Waals surface area contributed by atoms with Crippen LogP contribution in [0.1, 0.15) is 75.8 Å². The lowest BCUT2D eigenvalue weighted by Gasteiger charge is -2.32. The number of carbonyl (C=O) groups is 2. The highest BCUT2D eigenvalue weighted by atomic mass is 16.5. The lowest BCUT2D eigenvalue weighted by Crippen LogP contribution is -2.36. The molecular formula is C27H41NO4. The molecule has 2 aliphatic rings. The maximum absolute atomic E-state index is 12.3. The summed E-state index contributed by atoms with van der Waals surface area (Å²) in [7, 11) is 2.91. The Kier molecular flexibility index (Phi) is 9.43. The number of amides is 1. The van der Waals surface area contributed by atoms with Crippen LogP contribution >= 0.6 is 0 Å². The zero-order valence-electron chi connectivity index (χ0n) is 20.2. The molecule has 3 atom stereocenters. The van der Waals surface area contributed by atoms with E-state index in [0.717, 1.165) is 36.3 Å². The van der Waals surface area contributed by atoms with Crippen molar-refractivity contribution >= 4 is 11.9 Å². The molecule has 5 heteroatoms. The van der Waals surface area contributed by atoms with Gasteiger partial charge in [0.15, 0.2) is 6.61 Å². The molecule has 1 amide bonds. The van der Waals surface area contributed by atoms with E-state index in [4.69, 9.17) is 4.74 Å². The number of likely N-dealkylation sites (N-methyl/N-ethyl adjacent to an activating group) is 1. The largest absolute Gasteiger partial charge is 0.483 e. The van der Waals surface area contributed by atoms with E-state index in [2.05, 4.69) is 23.8 Å². The van der Waals surface area contributed by atoms with Crippen molar-refractivity contribution in [3.63, 3.8) is 0 Å². The molecule has 1 aromatic carbocycles. The minimum Gasteiger partial charge on any atom is -0.483 e. The molecule has 0 saturated heterocycles. The van der Waals surface area contributed by atoms with Crippen LogP contribution in [0.25, 0.3) is 0 Å². The first-order valence-corrected chi connectivity index (χ1v) is 12.6. The molecule has 0 spiro atoms. The van der Waals surface area contributed by atoms with Gasteiger partial charge in [-0.05, 0) is 60.6 Å². The first-order valence-electron chi connectivity index (χ1n) is 12.6. The number of hydrogen-bond acceptors (Lipinski definition) is 4. The molecule has 5 nitrogen and oxygen atoms in total. The summed E-state index contributed by atoms with van der Waals surface area (Å²) in [6, 6.07) is 6.27. The van der Waals surface area contributed by atoms with Crippen LogP contribution < -0.4 is 4.74 Å². The predicted octanol–water partition coefficient (Wildman–Crippen LogP) is 5.19. The fourth-order valence-electron chi connectivity index (χ4n) is 5.65. The van der Waals surface area contributed by atoms with Gasteiger partial charge in [-0.25, -0.2) is 0 Å². The number of esters is 1. The molecule has 3 unspecified atom stereocenters. The normalized spacial score (nSPS) is 21.5. The molecule has 1 aromatic rings. The van der Waals surface area contributed by atoms with Gasteiger partial charge >= 0.3 is 5.97 Å². The lowest BCUT2D eigenvalue weighted by molar-refractivity contribution is -0.146. The van der Waals surface area contributed by atoms with Gasteiger partial charge in [-0.2, -0.15) is 0 Å². The zero-order chi connectivity index (χ0) is 22.9. The van der Waals surface area contributed by atoms with Gasteiger partial charge in [-0.15, -0.1) is 0 Å². The van der Waals surface area contributed by atoms with Crippen LogP contribution in [0.3, 0.4) is 0 Å². The molecule has 0 N–H and O–H groups in total. The molecule has 178 valence electrons. The van der Waals surface area contributed by atoms with Crippen molar-refractivity contribution in [1.29, 1.82) is 0 Å². The van der Waals surface area contributed by atoms with Gasteiger partial charge < -0.3 is 14.4 Å². The monoisotopic (exact) mass is 443 g/mol. The van der Waals surface area contributed by atoms with E-state index in [1.165, 1.54) is 80.9 Å². The quantitative estimate of drug-likeness (QED) is 0.330. The van der Waals surface area contributed by atoms with Gasteiger partial charge in [-0.1, -0.05) is 64.0 Å². The zero-order valence-corrected chi connectivity index (χ0v) is 20.2. The topological polar surface area (TPSA) is 55.8 Å². The number of unbranched alkanes of at least 4 members (excludes halogenated alkanes) is 5. The first-order chi connectivity index (χ1) is 15.5. The Balaban J connectivity index is 1.53. The van der Waals surface area contributed by atoms with E-state index in [0.29, 0.717) is 0 Å². The van der Waals surface area contributed by atoms with Crippen molar-refractivity contribution in [2.24, 2.45) is 17.8 Å². The van der Waals surface area contributed by atoms with Crippen molar-refractivity contribution in [2.45, 2.75) is 77.6 Å². The summed E-state index contributed by atoms with van der Waals surface area (Å²) in [5.74, 6) is 2.61. The van der Waals surface area contributed by atoms with Gasteiger partial charge in [0.2, 0.25) is 0 Å². The fourth-order valence-corrected chi connectivity index (χ4v) is 5.65. The van der Waals surface area contributed by atoms with Crippen LogP contribution in [0.4, 0.5) is 0 Å². The number of fused-ring (bicyclic) bond motifs is 2. The number of hydrogen-bond donors (Lipinski definition) is 0. The fraction of sp³-hybridized carbons (Fsp3) is 0.704. The second kappa shape index (κ2) is 12.3. The highest BCUT2D eigenvalue weighted by molar-refractivity contribution is 5.82. The molecular weight excluding hydrogens is 402 g/mol. The lowest BCUT2D eigenvalue weighted by atomic mass is 9.73. The van der Waals surface area contributed by atoms with E-state index < -0.39 is 5.97 Å². The number of rotatable bonds is 12. The Morgan fingerprint density at radius 3 is 2.62 bits per heavy atom. The molecule has 0 bridgehead atoms. The second-order valence-corrected chi connectivity index (χ2v) is 9.73. The Labute approximate surface area is 193 Å². The highest BCUT2D eigenvalue weighted by Crippen LogP contribution is 2.48. The van der Waals surface area contributed by atoms with Gasteiger partial charge in [0.05, 0.1) is 7.11 Å². The third kappa shape index (κ3) is 6.49. The SMILES string of the molecule is CCCCCCCCC1CCC2Cc3c(cccc3OCC(=O)N(C)CC(=O)OC)CC12. The number of nitrogens with zero attached hydrogens (tertiary/aromatic N) is 1. The molecule has 0 aromatic heterocycles. The summed E-state index contributed by atoms with van der Waals surface area (Å²) in [5, 5.41) is 0. The van der Waals surface area contributed by atoms with Gasteiger partial charge in [-0.3, -0.25) is 9.59 Å². The average Bonchev–Trinajstić information content (AvgIpc) is 3.19. The molecule has 3 rings (SSSR count). The number of carbonyl (C=O) groups excluding carboxylic acids is 2. The summed E-state index contributed by atoms with van der Waals surface area (Å²) >= 11 is 0. The molecule has 0 aliphatic heterocycles. The van der Waals surface area contributed by atoms with Crippen LogP contribution in [-0.2, 0) is 27.2 Å². The maximum Gasteiger partial charge on any atom is 0.325 e. The van der Waals surface area contributed by atoms with E-state index >= 15 is 0 Å². The van der Waals surface area contributed by atoms with Crippen LogP contribution in [0.15, 0.2) is 18.2 Å². The maximum atomic E-state index is 12.3. The third-order valence-corrected chi connectivity index (χ3v) is 7.57. The van der Waals surface area contributed by atoms with Crippen molar-refractivity contribution in [3.05, 3.63) is 29.3 Å². The van der Waals surface area contributed by atoms with Crippen LogP contribution in [0.5, 0.6) is 5.75 Å². The summed E-state index contributed by atoms with van der Waals surface area (Å²) < 4.78 is 10.6. The third-order valence-electron chi connectivity index (χ3n) is 7.57. The Bertz CT molecular complexity index is 762. The van der Waals surface area contributed by atoms with Crippen LogP contribution in [-0.4, -0.2) is 44.1 Å². The molecule has 0 heterocycles. The summed E-state index contributed by atoms with van der Waals surface area (Å²) in [4.78, 5) is 25.1. The van der Waals surface area contributed by atoms with Gasteiger partial charge in [0.1, 0.15) is 12.3 Å². The first kappa shape index (κ1) is 24.6. The Morgan fingerprint density at radius 1 is 1.06 bits per heavy atom. The number of benzene rings is 1. The average molecular weight is 444 g/mol. The van der Waals surface area contributed by atoms with E-state index in [1.54, 1.807) is 7.05 Å². The van der Waals surface area contributed by atoms with E-state index in [1.807, 2.05) is 6.07 Å². The summed E-state index contributed by atoms with van der Waals surface area (Å²) in [6.07, 6.45) is 14.5. The standard InChI is InChI=1S/C27H41NO4/c1-4-5-6-7-8-9-11-20-14-15-22-17-24-21(16-23(20)22)12-10-13-25(24)32-19-26(29)28(2)18-27(30)31-3/h10,12-13,20,22-23H,4-9,11,14-19H2,1-3H3. The van der Waals surface area contributed by atoms with E-state index in [-0.39, 0.29) is 19.1 Å². The van der Waals surface area contributed by atoms with Crippen molar-refractivity contribution in [3.8, 4) is 5.75 Å².